The minimum Gasteiger partial charge on any atom is -0.461 e. The fourth-order valence-corrected chi connectivity index (χ4v) is 4.74. The van der Waals surface area contributed by atoms with Gasteiger partial charge in [-0.2, -0.15) is 0 Å². The third kappa shape index (κ3) is 3.04. The van der Waals surface area contributed by atoms with Crippen LogP contribution in [-0.2, 0) is 21.2 Å². The van der Waals surface area contributed by atoms with Crippen LogP contribution in [0.15, 0.2) is 41.4 Å². The van der Waals surface area contributed by atoms with Crippen LogP contribution in [-0.4, -0.2) is 35.6 Å². The first-order chi connectivity index (χ1) is 11.9. The van der Waals surface area contributed by atoms with E-state index in [1.165, 1.54) is 18.3 Å². The smallest absolute Gasteiger partial charge is 0.356 e. The first kappa shape index (κ1) is 17.9. The topological polar surface area (TPSA) is 82.4 Å². The number of nitrogens with zero attached hydrogens (tertiary/aromatic N) is 1. The highest BCUT2D eigenvalue weighted by Crippen LogP contribution is 2.32. The predicted molar refractivity (Wildman–Crippen MR) is 94.8 cm³/mol. The van der Waals surface area contributed by atoms with E-state index >= 15 is 0 Å². The summed E-state index contributed by atoms with van der Waals surface area (Å²) in [7, 11) is -4.02. The summed E-state index contributed by atoms with van der Waals surface area (Å²) in [4.78, 5) is 24.5. The monoisotopic (exact) mass is 425 g/mol. The van der Waals surface area contributed by atoms with Crippen LogP contribution in [0.25, 0.3) is 0 Å². The molecule has 0 spiro atoms. The van der Waals surface area contributed by atoms with Crippen molar-refractivity contribution in [3.8, 4) is 0 Å². The van der Waals surface area contributed by atoms with Gasteiger partial charge in [0.05, 0.1) is 16.3 Å². The van der Waals surface area contributed by atoms with Gasteiger partial charge in [-0.1, -0.05) is 34.1 Å². The summed E-state index contributed by atoms with van der Waals surface area (Å²) in [6, 6.07) is 7.78. The number of aromatic nitrogens is 1. The summed E-state index contributed by atoms with van der Waals surface area (Å²) in [5, 5.41) is 0. The van der Waals surface area contributed by atoms with Gasteiger partial charge < -0.3 is 4.74 Å². The van der Waals surface area contributed by atoms with Gasteiger partial charge in [-0.05, 0) is 37.5 Å². The number of hydrogen-bond acceptors (Lipinski definition) is 5. The van der Waals surface area contributed by atoms with Gasteiger partial charge in [0.25, 0.3) is 10.0 Å². The number of alkyl halides is 1. The molecular weight excluding hydrogens is 410 g/mol. The summed E-state index contributed by atoms with van der Waals surface area (Å²) in [6.07, 6.45) is 2.15. The van der Waals surface area contributed by atoms with E-state index in [4.69, 9.17) is 4.74 Å². The Morgan fingerprint density at radius 3 is 2.64 bits per heavy atom. The van der Waals surface area contributed by atoms with Gasteiger partial charge in [0.1, 0.15) is 5.69 Å². The molecule has 0 fully saturated rings. The minimum atomic E-state index is -4.02. The summed E-state index contributed by atoms with van der Waals surface area (Å²) in [6.45, 7) is 1.75. The number of esters is 1. The maximum absolute atomic E-state index is 13.0. The maximum Gasteiger partial charge on any atom is 0.356 e. The van der Waals surface area contributed by atoms with E-state index in [-0.39, 0.29) is 33.4 Å². The molecule has 0 bridgehead atoms. The van der Waals surface area contributed by atoms with Crippen LogP contribution in [0.2, 0.25) is 0 Å². The zero-order chi connectivity index (χ0) is 18.2. The Balaban J connectivity index is 2.25. The van der Waals surface area contributed by atoms with E-state index in [1.54, 1.807) is 25.1 Å². The Labute approximate surface area is 154 Å². The van der Waals surface area contributed by atoms with Crippen molar-refractivity contribution in [2.24, 2.45) is 0 Å². The third-order valence-corrected chi connectivity index (χ3v) is 6.59. The van der Waals surface area contributed by atoms with E-state index in [9.17, 15) is 18.0 Å². The van der Waals surface area contributed by atoms with Gasteiger partial charge in [0, 0.05) is 11.8 Å². The highest BCUT2D eigenvalue weighted by Gasteiger charge is 2.36. The van der Waals surface area contributed by atoms with E-state index in [0.29, 0.717) is 18.4 Å². The van der Waals surface area contributed by atoms with Crippen LogP contribution < -0.4 is 0 Å². The number of hydrogen-bond donors (Lipinski definition) is 0. The van der Waals surface area contributed by atoms with Crippen LogP contribution >= 0.6 is 15.9 Å². The summed E-state index contributed by atoms with van der Waals surface area (Å²) < 4.78 is 31.9. The zero-order valence-corrected chi connectivity index (χ0v) is 15.8. The summed E-state index contributed by atoms with van der Waals surface area (Å²) in [5.41, 5.74) is 0.586. The molecule has 3 rings (SSSR count). The molecule has 0 N–H and O–H groups in total. The van der Waals surface area contributed by atoms with Crippen molar-refractivity contribution in [1.29, 1.82) is 0 Å². The average molecular weight is 426 g/mol. The molecule has 0 amide bonds. The number of rotatable bonds is 4. The molecule has 1 aromatic carbocycles. The number of ether oxygens (including phenoxy) is 1. The Morgan fingerprint density at radius 1 is 1.32 bits per heavy atom. The molecule has 6 nitrogen and oxygen atoms in total. The number of benzene rings is 1. The van der Waals surface area contributed by atoms with Crippen LogP contribution in [0.5, 0.6) is 0 Å². The quantitative estimate of drug-likeness (QED) is 0.555. The minimum absolute atomic E-state index is 0.0377. The van der Waals surface area contributed by atoms with Gasteiger partial charge in [0.2, 0.25) is 0 Å². The molecule has 1 atom stereocenters. The SMILES string of the molecule is CCOC(=O)c1c2c(cn1S(=O)(=O)c1ccccc1)C(=O)C(Br)CC2. The van der Waals surface area contributed by atoms with Gasteiger partial charge in [0.15, 0.2) is 5.78 Å². The van der Waals surface area contributed by atoms with Gasteiger partial charge in [-0.3, -0.25) is 4.79 Å². The molecule has 0 radical (unpaired) electrons. The highest BCUT2D eigenvalue weighted by molar-refractivity contribution is 9.10. The van der Waals surface area contributed by atoms with Crippen LogP contribution in [0.1, 0.15) is 39.8 Å². The van der Waals surface area contributed by atoms with Gasteiger partial charge >= 0.3 is 5.97 Å². The number of Topliss-reactive ketones (excluding diaryl/α,β-unsaturated/α-hetero) is 1. The summed E-state index contributed by atoms with van der Waals surface area (Å²) >= 11 is 3.30. The lowest BCUT2D eigenvalue weighted by atomic mass is 9.92. The second kappa shape index (κ2) is 6.76. The first-order valence-corrected chi connectivity index (χ1v) is 10.1. The molecule has 1 unspecified atom stereocenters. The Bertz CT molecular complexity index is 933. The Kier molecular flexibility index (Phi) is 4.83. The molecule has 25 heavy (non-hydrogen) atoms. The Hall–Kier alpha value is -1.93. The number of fused-ring (bicyclic) bond motifs is 1. The van der Waals surface area contributed by atoms with Crippen molar-refractivity contribution in [2.75, 3.05) is 6.61 Å². The second-order valence-electron chi connectivity index (χ2n) is 5.57. The van der Waals surface area contributed by atoms with Crippen molar-refractivity contribution in [2.45, 2.75) is 29.5 Å². The zero-order valence-electron chi connectivity index (χ0n) is 13.4. The fraction of sp³-hybridized carbons (Fsp3) is 0.294. The van der Waals surface area contributed by atoms with Crippen molar-refractivity contribution in [3.05, 3.63) is 53.3 Å². The van der Waals surface area contributed by atoms with E-state index in [0.717, 1.165) is 3.97 Å². The van der Waals surface area contributed by atoms with E-state index < -0.39 is 16.0 Å². The fourth-order valence-electron chi connectivity index (χ4n) is 2.86. The van der Waals surface area contributed by atoms with Gasteiger partial charge in [-0.25, -0.2) is 17.2 Å². The highest BCUT2D eigenvalue weighted by atomic mass is 79.9. The number of carbonyl (C=O) groups excluding carboxylic acids is 2. The number of halogens is 1. The molecule has 0 aliphatic heterocycles. The van der Waals surface area contributed by atoms with Crippen molar-refractivity contribution in [1.82, 2.24) is 3.97 Å². The molecule has 1 aliphatic rings. The lowest BCUT2D eigenvalue weighted by Gasteiger charge is -2.16. The molecule has 1 aromatic heterocycles. The molecule has 132 valence electrons. The van der Waals surface area contributed by atoms with Crippen LogP contribution in [0, 0.1) is 0 Å². The van der Waals surface area contributed by atoms with E-state index in [2.05, 4.69) is 15.9 Å². The second-order valence-corrected chi connectivity index (χ2v) is 8.50. The molecule has 2 aromatic rings. The molecular formula is C17H16BrNO5S. The molecule has 0 saturated heterocycles. The predicted octanol–water partition coefficient (Wildman–Crippen LogP) is 2.79. The first-order valence-electron chi connectivity index (χ1n) is 7.78. The average Bonchev–Trinajstić information content (AvgIpc) is 3.00. The normalized spacial score (nSPS) is 17.2. The van der Waals surface area contributed by atoms with Crippen LogP contribution in [0.3, 0.4) is 0 Å². The molecule has 0 saturated carbocycles. The number of carbonyl (C=O) groups is 2. The lowest BCUT2D eigenvalue weighted by molar-refractivity contribution is 0.0517. The van der Waals surface area contributed by atoms with Crippen molar-refractivity contribution < 1.29 is 22.7 Å². The molecule has 1 aliphatic carbocycles. The number of ketones is 1. The summed E-state index contributed by atoms with van der Waals surface area (Å²) in [5.74, 6) is -0.974. The standard InChI is InChI=1S/C17H16BrNO5S/c1-2-24-17(21)15-12-8-9-14(18)16(20)13(12)10-19(15)25(22,23)11-6-4-3-5-7-11/h3-7,10,14H,2,8-9H2,1H3. The molecule has 1 heterocycles. The van der Waals surface area contributed by atoms with Crippen LogP contribution in [0.4, 0.5) is 0 Å². The Morgan fingerprint density at radius 2 is 2.00 bits per heavy atom. The van der Waals surface area contributed by atoms with E-state index in [1.807, 2.05) is 0 Å². The third-order valence-electron chi connectivity index (χ3n) is 4.04. The van der Waals surface area contributed by atoms with Gasteiger partial charge in [-0.15, -0.1) is 0 Å². The lowest BCUT2D eigenvalue weighted by Crippen LogP contribution is -2.23. The molecule has 8 heteroatoms. The van der Waals surface area contributed by atoms with Crippen molar-refractivity contribution >= 4 is 37.7 Å². The maximum atomic E-state index is 13.0. The largest absolute Gasteiger partial charge is 0.461 e. The van der Waals surface area contributed by atoms with Crippen molar-refractivity contribution in [3.63, 3.8) is 0 Å².